The Kier molecular flexibility index (Phi) is 5.52. The zero-order valence-electron chi connectivity index (χ0n) is 14.4. The molecule has 1 heterocycles. The van der Waals surface area contributed by atoms with E-state index in [0.717, 1.165) is 0 Å². The summed E-state index contributed by atoms with van der Waals surface area (Å²) in [6.45, 7) is 0.508. The Balaban J connectivity index is 1.61. The van der Waals surface area contributed by atoms with Crippen molar-refractivity contribution >= 4 is 27.3 Å². The number of nitro groups is 1. The number of nitrogens with one attached hydrogen (secondary N) is 1. The van der Waals surface area contributed by atoms with Gasteiger partial charge in [-0.1, -0.05) is 24.3 Å². The van der Waals surface area contributed by atoms with Gasteiger partial charge in [-0.25, -0.2) is 8.42 Å². The van der Waals surface area contributed by atoms with Crippen LogP contribution in [0.5, 0.6) is 0 Å². The summed E-state index contributed by atoms with van der Waals surface area (Å²) in [5, 5.41) is 13.5. The second kappa shape index (κ2) is 7.85. The first kappa shape index (κ1) is 19.0. The van der Waals surface area contributed by atoms with Crippen LogP contribution in [0.4, 0.5) is 11.4 Å². The number of sulfonamides is 1. The number of rotatable bonds is 5. The van der Waals surface area contributed by atoms with Crippen molar-refractivity contribution in [2.45, 2.75) is 17.7 Å². The SMILES string of the molecule is O=C(Nc1cccc([N+](=O)[O-])c1)C1CCN(S(=O)(=O)c2ccccc2)CC1. The van der Waals surface area contributed by atoms with Crippen LogP contribution in [0.1, 0.15) is 12.8 Å². The molecule has 8 nitrogen and oxygen atoms in total. The molecular weight excluding hydrogens is 370 g/mol. The van der Waals surface area contributed by atoms with Gasteiger partial charge in [0.2, 0.25) is 15.9 Å². The van der Waals surface area contributed by atoms with Crippen LogP contribution in [-0.2, 0) is 14.8 Å². The average molecular weight is 389 g/mol. The monoisotopic (exact) mass is 389 g/mol. The van der Waals surface area contributed by atoms with E-state index >= 15 is 0 Å². The fourth-order valence-electron chi connectivity index (χ4n) is 3.04. The van der Waals surface area contributed by atoms with E-state index in [1.54, 1.807) is 36.4 Å². The molecule has 0 radical (unpaired) electrons. The van der Waals surface area contributed by atoms with Gasteiger partial charge in [0.05, 0.1) is 9.82 Å². The molecule has 0 aliphatic carbocycles. The number of benzene rings is 2. The van der Waals surface area contributed by atoms with E-state index in [4.69, 9.17) is 0 Å². The van der Waals surface area contributed by atoms with Gasteiger partial charge in [0.1, 0.15) is 0 Å². The van der Waals surface area contributed by atoms with Crippen LogP contribution in [0.15, 0.2) is 59.5 Å². The third kappa shape index (κ3) is 4.32. The zero-order chi connectivity index (χ0) is 19.4. The number of nitrogens with zero attached hydrogens (tertiary/aromatic N) is 2. The second-order valence-electron chi connectivity index (χ2n) is 6.29. The van der Waals surface area contributed by atoms with E-state index in [9.17, 15) is 23.3 Å². The highest BCUT2D eigenvalue weighted by Crippen LogP contribution is 2.25. The molecule has 0 saturated carbocycles. The predicted molar refractivity (Wildman–Crippen MR) is 99.7 cm³/mol. The fraction of sp³-hybridized carbons (Fsp3) is 0.278. The smallest absolute Gasteiger partial charge is 0.271 e. The molecular formula is C18H19N3O5S. The standard InChI is InChI=1S/C18H19N3O5S/c22-18(19-15-5-4-6-16(13-15)21(23)24)14-9-11-20(12-10-14)27(25,26)17-7-2-1-3-8-17/h1-8,13-14H,9-12H2,(H,19,22). The summed E-state index contributed by atoms with van der Waals surface area (Å²) in [5.74, 6) is -0.598. The molecule has 1 aliphatic rings. The summed E-state index contributed by atoms with van der Waals surface area (Å²) >= 11 is 0. The molecule has 1 aliphatic heterocycles. The maximum Gasteiger partial charge on any atom is 0.271 e. The molecule has 3 rings (SSSR count). The maximum absolute atomic E-state index is 12.6. The molecule has 0 spiro atoms. The molecule has 2 aromatic rings. The summed E-state index contributed by atoms with van der Waals surface area (Å²) in [5.41, 5.74) is 0.255. The minimum absolute atomic E-state index is 0.100. The van der Waals surface area contributed by atoms with E-state index in [0.29, 0.717) is 18.5 Å². The zero-order valence-corrected chi connectivity index (χ0v) is 15.3. The normalized spacial score (nSPS) is 16.0. The summed E-state index contributed by atoms with van der Waals surface area (Å²) in [6.07, 6.45) is 0.791. The van der Waals surface area contributed by atoms with E-state index in [-0.39, 0.29) is 35.5 Å². The Morgan fingerprint density at radius 3 is 2.37 bits per heavy atom. The number of hydrogen-bond donors (Lipinski definition) is 1. The van der Waals surface area contributed by atoms with Gasteiger partial charge in [-0.05, 0) is 31.0 Å². The Morgan fingerprint density at radius 2 is 1.74 bits per heavy atom. The highest BCUT2D eigenvalue weighted by molar-refractivity contribution is 7.89. The third-order valence-electron chi connectivity index (χ3n) is 4.53. The molecule has 1 fully saturated rings. The van der Waals surface area contributed by atoms with E-state index in [1.807, 2.05) is 0 Å². The summed E-state index contributed by atoms with van der Waals surface area (Å²) in [4.78, 5) is 23.0. The summed E-state index contributed by atoms with van der Waals surface area (Å²) in [6, 6.07) is 13.9. The number of hydrogen-bond acceptors (Lipinski definition) is 5. The molecule has 142 valence electrons. The predicted octanol–water partition coefficient (Wildman–Crippen LogP) is 2.63. The number of non-ortho nitro benzene ring substituents is 1. The number of nitro benzene ring substituents is 1. The molecule has 1 N–H and O–H groups in total. The lowest BCUT2D eigenvalue weighted by molar-refractivity contribution is -0.384. The van der Waals surface area contributed by atoms with Gasteiger partial charge in [0, 0.05) is 36.8 Å². The molecule has 2 aromatic carbocycles. The van der Waals surface area contributed by atoms with Crippen molar-refractivity contribution in [2.75, 3.05) is 18.4 Å². The largest absolute Gasteiger partial charge is 0.326 e. The number of carbonyl (C=O) groups excluding carboxylic acids is 1. The summed E-state index contributed by atoms with van der Waals surface area (Å²) in [7, 11) is -3.56. The second-order valence-corrected chi connectivity index (χ2v) is 8.23. The Hall–Kier alpha value is -2.78. The van der Waals surface area contributed by atoms with Crippen molar-refractivity contribution in [1.29, 1.82) is 0 Å². The first-order valence-electron chi connectivity index (χ1n) is 8.48. The van der Waals surface area contributed by atoms with Crippen molar-refractivity contribution in [3.8, 4) is 0 Å². The molecule has 0 bridgehead atoms. The Labute approximate surface area is 157 Å². The summed E-state index contributed by atoms with van der Waals surface area (Å²) < 4.78 is 26.6. The van der Waals surface area contributed by atoms with Gasteiger partial charge in [0.25, 0.3) is 5.69 Å². The van der Waals surface area contributed by atoms with Gasteiger partial charge < -0.3 is 5.32 Å². The van der Waals surface area contributed by atoms with E-state index in [1.165, 1.54) is 22.5 Å². The van der Waals surface area contributed by atoms with Crippen molar-refractivity contribution in [2.24, 2.45) is 5.92 Å². The lowest BCUT2D eigenvalue weighted by Gasteiger charge is -2.30. The number of carbonyl (C=O) groups is 1. The highest BCUT2D eigenvalue weighted by atomic mass is 32.2. The minimum Gasteiger partial charge on any atom is -0.326 e. The quantitative estimate of drug-likeness (QED) is 0.624. The minimum atomic E-state index is -3.56. The molecule has 9 heteroatoms. The van der Waals surface area contributed by atoms with E-state index < -0.39 is 14.9 Å². The molecule has 0 aromatic heterocycles. The number of piperidine rings is 1. The maximum atomic E-state index is 12.6. The number of anilines is 1. The number of amides is 1. The lowest BCUT2D eigenvalue weighted by atomic mass is 9.97. The molecule has 0 atom stereocenters. The van der Waals surface area contributed by atoms with Gasteiger partial charge in [-0.3, -0.25) is 14.9 Å². The molecule has 1 amide bonds. The van der Waals surface area contributed by atoms with Crippen LogP contribution in [0.2, 0.25) is 0 Å². The van der Waals surface area contributed by atoms with Gasteiger partial charge >= 0.3 is 0 Å². The van der Waals surface area contributed by atoms with Crippen LogP contribution in [-0.4, -0.2) is 36.6 Å². The van der Waals surface area contributed by atoms with Gasteiger partial charge in [0.15, 0.2) is 0 Å². The van der Waals surface area contributed by atoms with Gasteiger partial charge in [-0.2, -0.15) is 4.31 Å². The van der Waals surface area contributed by atoms with Gasteiger partial charge in [-0.15, -0.1) is 0 Å². The average Bonchev–Trinajstić information content (AvgIpc) is 2.69. The first-order valence-corrected chi connectivity index (χ1v) is 9.92. The molecule has 1 saturated heterocycles. The van der Waals surface area contributed by atoms with E-state index in [2.05, 4.69) is 5.32 Å². The van der Waals surface area contributed by atoms with Crippen molar-refractivity contribution in [3.63, 3.8) is 0 Å². The van der Waals surface area contributed by atoms with Crippen LogP contribution in [0.3, 0.4) is 0 Å². The molecule has 27 heavy (non-hydrogen) atoms. The first-order chi connectivity index (χ1) is 12.9. The lowest BCUT2D eigenvalue weighted by Crippen LogP contribution is -2.41. The van der Waals surface area contributed by atoms with Crippen LogP contribution >= 0.6 is 0 Å². The third-order valence-corrected chi connectivity index (χ3v) is 6.44. The van der Waals surface area contributed by atoms with Crippen LogP contribution < -0.4 is 5.32 Å². The Morgan fingerprint density at radius 1 is 1.07 bits per heavy atom. The molecule has 0 unspecified atom stereocenters. The Bertz CT molecular complexity index is 938. The van der Waals surface area contributed by atoms with Crippen molar-refractivity contribution in [1.82, 2.24) is 4.31 Å². The topological polar surface area (TPSA) is 110 Å². The fourth-order valence-corrected chi connectivity index (χ4v) is 4.53. The van der Waals surface area contributed by atoms with Crippen LogP contribution in [0, 0.1) is 16.0 Å². The van der Waals surface area contributed by atoms with Crippen molar-refractivity contribution < 1.29 is 18.1 Å². The highest BCUT2D eigenvalue weighted by Gasteiger charge is 2.32. The van der Waals surface area contributed by atoms with Crippen molar-refractivity contribution in [3.05, 3.63) is 64.7 Å². The van der Waals surface area contributed by atoms with Crippen LogP contribution in [0.25, 0.3) is 0 Å².